The Balaban J connectivity index is 2.02. The molecule has 0 aliphatic heterocycles. The Morgan fingerprint density at radius 3 is 2.30 bits per heavy atom. The molecule has 0 radical (unpaired) electrons. The Bertz CT molecular complexity index is 523. The maximum atomic E-state index is 2.26. The van der Waals surface area contributed by atoms with Gasteiger partial charge in [0.05, 0.1) is 0 Å². The van der Waals surface area contributed by atoms with Crippen molar-refractivity contribution in [2.24, 2.45) is 0 Å². The lowest BCUT2D eigenvalue weighted by atomic mass is 10.00. The predicted molar refractivity (Wildman–Crippen MR) is 89.7 cm³/mol. The minimum Gasteiger partial charge on any atom is -0.0654 e. The molecule has 0 amide bonds. The fourth-order valence-corrected chi connectivity index (χ4v) is 2.42. The second kappa shape index (κ2) is 8.37. The Morgan fingerprint density at radius 1 is 0.750 bits per heavy atom. The maximum Gasteiger partial charge on any atom is -0.0224 e. The molecule has 0 nitrogen and oxygen atoms in total. The van der Waals surface area contributed by atoms with Gasteiger partial charge in [-0.05, 0) is 29.5 Å². The molecule has 0 N–H and O–H groups in total. The van der Waals surface area contributed by atoms with E-state index < -0.39 is 0 Å². The molecule has 0 fully saturated rings. The molecular formula is C20H24. The first-order chi connectivity index (χ1) is 9.90. The predicted octanol–water partition coefficient (Wildman–Crippen LogP) is 5.98. The maximum absolute atomic E-state index is 2.26. The smallest absolute Gasteiger partial charge is 0.0224 e. The van der Waals surface area contributed by atoms with E-state index in [0.717, 1.165) is 0 Å². The number of unbranched alkanes of at least 4 members (excludes halogenated alkanes) is 3. The van der Waals surface area contributed by atoms with Crippen molar-refractivity contribution in [3.63, 3.8) is 0 Å². The van der Waals surface area contributed by atoms with Gasteiger partial charge in [-0.25, -0.2) is 0 Å². The molecule has 104 valence electrons. The summed E-state index contributed by atoms with van der Waals surface area (Å²) in [5, 5.41) is 0. The van der Waals surface area contributed by atoms with Crippen LogP contribution in [0.4, 0.5) is 0 Å². The van der Waals surface area contributed by atoms with Crippen LogP contribution in [0.1, 0.15) is 49.3 Å². The van der Waals surface area contributed by atoms with Crippen molar-refractivity contribution >= 4 is 12.2 Å². The lowest BCUT2D eigenvalue weighted by Crippen LogP contribution is -1.89. The summed E-state index contributed by atoms with van der Waals surface area (Å²) in [7, 11) is 0. The Hall–Kier alpha value is -1.82. The van der Waals surface area contributed by atoms with Crippen molar-refractivity contribution in [2.45, 2.75) is 39.0 Å². The van der Waals surface area contributed by atoms with Crippen LogP contribution in [0, 0.1) is 0 Å². The number of hydrogen-bond donors (Lipinski definition) is 0. The van der Waals surface area contributed by atoms with Gasteiger partial charge in [-0.1, -0.05) is 92.9 Å². The van der Waals surface area contributed by atoms with Crippen LogP contribution in [0.5, 0.6) is 0 Å². The van der Waals surface area contributed by atoms with Gasteiger partial charge >= 0.3 is 0 Å². The third-order valence-electron chi connectivity index (χ3n) is 3.61. The Kier molecular flexibility index (Phi) is 6.10. The molecule has 2 aromatic carbocycles. The van der Waals surface area contributed by atoms with Crippen LogP contribution in [0.25, 0.3) is 12.2 Å². The molecule has 0 spiro atoms. The van der Waals surface area contributed by atoms with Gasteiger partial charge in [0.15, 0.2) is 0 Å². The first-order valence-electron chi connectivity index (χ1n) is 7.71. The van der Waals surface area contributed by atoms with E-state index in [-0.39, 0.29) is 0 Å². The van der Waals surface area contributed by atoms with Crippen molar-refractivity contribution in [1.82, 2.24) is 0 Å². The van der Waals surface area contributed by atoms with Gasteiger partial charge in [-0.2, -0.15) is 0 Å². The average molecular weight is 264 g/mol. The first-order valence-corrected chi connectivity index (χ1v) is 7.71. The number of hydrogen-bond acceptors (Lipinski definition) is 0. The third-order valence-corrected chi connectivity index (χ3v) is 3.61. The molecule has 0 saturated heterocycles. The standard InChI is InChI=1S/C20H24/c1-2-3-4-8-13-19-14-9-10-15-20(19)17-16-18-11-6-5-7-12-18/h5-7,9-12,14-17H,2-4,8,13H2,1H3. The largest absolute Gasteiger partial charge is 0.0654 e. The van der Waals surface area contributed by atoms with E-state index in [1.54, 1.807) is 0 Å². The zero-order valence-electron chi connectivity index (χ0n) is 12.4. The number of aryl methyl sites for hydroxylation is 1. The van der Waals surface area contributed by atoms with Gasteiger partial charge < -0.3 is 0 Å². The molecule has 0 unspecified atom stereocenters. The van der Waals surface area contributed by atoms with Gasteiger partial charge in [0.2, 0.25) is 0 Å². The van der Waals surface area contributed by atoms with Crippen molar-refractivity contribution in [1.29, 1.82) is 0 Å². The van der Waals surface area contributed by atoms with E-state index in [0.29, 0.717) is 0 Å². The Morgan fingerprint density at radius 2 is 1.50 bits per heavy atom. The number of rotatable bonds is 7. The minimum atomic E-state index is 1.19. The van der Waals surface area contributed by atoms with Crippen LogP contribution in [-0.4, -0.2) is 0 Å². The van der Waals surface area contributed by atoms with Gasteiger partial charge in [0, 0.05) is 0 Å². The minimum absolute atomic E-state index is 1.19. The SMILES string of the molecule is CCCCCCc1ccccc1C=Cc1ccccc1. The fraction of sp³-hybridized carbons (Fsp3) is 0.300. The highest BCUT2D eigenvalue weighted by Crippen LogP contribution is 2.16. The quantitative estimate of drug-likeness (QED) is 0.426. The van der Waals surface area contributed by atoms with Crippen molar-refractivity contribution < 1.29 is 0 Å². The van der Waals surface area contributed by atoms with Crippen LogP contribution < -0.4 is 0 Å². The molecule has 0 aliphatic carbocycles. The third kappa shape index (κ3) is 4.70. The van der Waals surface area contributed by atoms with Crippen LogP contribution in [0.3, 0.4) is 0 Å². The summed E-state index contributed by atoms with van der Waals surface area (Å²) in [6.07, 6.45) is 10.9. The molecule has 20 heavy (non-hydrogen) atoms. The first kappa shape index (κ1) is 14.6. The Labute approximate surface area is 123 Å². The summed E-state index contributed by atoms with van der Waals surface area (Å²) in [5.74, 6) is 0. The van der Waals surface area contributed by atoms with Gasteiger partial charge in [-0.3, -0.25) is 0 Å². The summed E-state index contributed by atoms with van der Waals surface area (Å²) in [4.78, 5) is 0. The summed E-state index contributed by atoms with van der Waals surface area (Å²) in [5.41, 5.74) is 4.08. The molecule has 2 rings (SSSR count). The van der Waals surface area contributed by atoms with Crippen molar-refractivity contribution in [3.8, 4) is 0 Å². The van der Waals surface area contributed by atoms with E-state index in [4.69, 9.17) is 0 Å². The van der Waals surface area contributed by atoms with Crippen LogP contribution in [0.15, 0.2) is 54.6 Å². The highest BCUT2D eigenvalue weighted by molar-refractivity contribution is 5.71. The molecule has 0 aliphatic rings. The molecule has 0 bridgehead atoms. The molecule has 0 aromatic heterocycles. The van der Waals surface area contributed by atoms with Crippen LogP contribution in [0.2, 0.25) is 0 Å². The molecule has 0 saturated carbocycles. The fourth-order valence-electron chi connectivity index (χ4n) is 2.42. The average Bonchev–Trinajstić information content (AvgIpc) is 2.51. The zero-order valence-corrected chi connectivity index (χ0v) is 12.4. The lowest BCUT2D eigenvalue weighted by Gasteiger charge is -2.06. The second-order valence-electron chi connectivity index (χ2n) is 5.25. The molecule has 0 heterocycles. The highest BCUT2D eigenvalue weighted by Gasteiger charge is 1.98. The zero-order chi connectivity index (χ0) is 14.0. The van der Waals surface area contributed by atoms with E-state index in [9.17, 15) is 0 Å². The monoisotopic (exact) mass is 264 g/mol. The molecule has 2 aromatic rings. The molecule has 0 atom stereocenters. The van der Waals surface area contributed by atoms with Crippen molar-refractivity contribution in [3.05, 3.63) is 71.3 Å². The highest BCUT2D eigenvalue weighted by atomic mass is 14.0. The lowest BCUT2D eigenvalue weighted by molar-refractivity contribution is 0.666. The summed E-state index contributed by atoms with van der Waals surface area (Å²) in [6, 6.07) is 19.2. The molecule has 0 heteroatoms. The normalized spacial score (nSPS) is 11.1. The summed E-state index contributed by atoms with van der Waals surface area (Å²) in [6.45, 7) is 2.26. The van der Waals surface area contributed by atoms with E-state index in [1.165, 1.54) is 48.8 Å². The van der Waals surface area contributed by atoms with E-state index in [2.05, 4.69) is 73.7 Å². The topological polar surface area (TPSA) is 0 Å². The molecular weight excluding hydrogens is 240 g/mol. The summed E-state index contributed by atoms with van der Waals surface area (Å²) < 4.78 is 0. The second-order valence-corrected chi connectivity index (χ2v) is 5.25. The van der Waals surface area contributed by atoms with Crippen LogP contribution >= 0.6 is 0 Å². The van der Waals surface area contributed by atoms with E-state index in [1.807, 2.05) is 0 Å². The summed E-state index contributed by atoms with van der Waals surface area (Å²) >= 11 is 0. The number of benzene rings is 2. The van der Waals surface area contributed by atoms with Gasteiger partial charge in [-0.15, -0.1) is 0 Å². The van der Waals surface area contributed by atoms with Crippen molar-refractivity contribution in [2.75, 3.05) is 0 Å². The van der Waals surface area contributed by atoms with E-state index >= 15 is 0 Å². The van der Waals surface area contributed by atoms with Crippen LogP contribution in [-0.2, 0) is 6.42 Å². The van der Waals surface area contributed by atoms with Gasteiger partial charge in [0.1, 0.15) is 0 Å². The van der Waals surface area contributed by atoms with Gasteiger partial charge in [0.25, 0.3) is 0 Å².